The lowest BCUT2D eigenvalue weighted by Crippen LogP contribution is -2.28. The lowest BCUT2D eigenvalue weighted by Gasteiger charge is -2.26. The number of carbonyl (C=O) groups is 2. The maximum absolute atomic E-state index is 12.7. The third kappa shape index (κ3) is 5.41. The summed E-state index contributed by atoms with van der Waals surface area (Å²) in [5, 5.41) is 2.93. The first-order chi connectivity index (χ1) is 13.8. The molecule has 1 aliphatic heterocycles. The largest absolute Gasteiger partial charge is 0.326 e. The van der Waals surface area contributed by atoms with E-state index in [0.29, 0.717) is 12.2 Å². The summed E-state index contributed by atoms with van der Waals surface area (Å²) in [6.07, 6.45) is 2.47. The molecule has 0 unspecified atom stereocenters. The predicted molar refractivity (Wildman–Crippen MR) is 122 cm³/mol. The zero-order valence-corrected chi connectivity index (χ0v) is 18.5. The fraction of sp³-hybridized carbons (Fsp3) is 0.417. The van der Waals surface area contributed by atoms with E-state index in [-0.39, 0.29) is 22.6 Å². The molecule has 1 heterocycles. The molecule has 154 valence electrons. The number of rotatable bonds is 6. The maximum atomic E-state index is 12.7. The lowest BCUT2D eigenvalue weighted by atomic mass is 9.92. The second-order valence-electron chi connectivity index (χ2n) is 8.71. The number of nitrogens with one attached hydrogen (secondary N) is 1. The molecule has 4 nitrogen and oxygen atoms in total. The Bertz CT molecular complexity index is 871. The minimum Gasteiger partial charge on any atom is -0.326 e. The van der Waals surface area contributed by atoms with Gasteiger partial charge in [0.25, 0.3) is 0 Å². The summed E-state index contributed by atoms with van der Waals surface area (Å²) in [7, 11) is 0. The van der Waals surface area contributed by atoms with Crippen molar-refractivity contribution in [1.29, 1.82) is 0 Å². The first-order valence-electron chi connectivity index (χ1n) is 10.2. The second kappa shape index (κ2) is 9.04. The third-order valence-electron chi connectivity index (χ3n) is 4.81. The lowest BCUT2D eigenvalue weighted by molar-refractivity contribution is -0.118. The first-order valence-corrected chi connectivity index (χ1v) is 11.2. The van der Waals surface area contributed by atoms with E-state index in [1.165, 1.54) is 5.56 Å². The number of benzene rings is 2. The molecular formula is C24H30N2O2S. The first kappa shape index (κ1) is 21.4. The summed E-state index contributed by atoms with van der Waals surface area (Å²) >= 11 is 1.65. The van der Waals surface area contributed by atoms with Gasteiger partial charge in [-0.3, -0.25) is 14.5 Å². The molecule has 2 aromatic carbocycles. The van der Waals surface area contributed by atoms with Crippen LogP contribution in [0.15, 0.2) is 48.5 Å². The van der Waals surface area contributed by atoms with Crippen LogP contribution in [0, 0.1) is 5.41 Å². The van der Waals surface area contributed by atoms with Gasteiger partial charge in [-0.1, -0.05) is 64.4 Å². The van der Waals surface area contributed by atoms with E-state index in [2.05, 4.69) is 39.1 Å². The zero-order valence-electron chi connectivity index (χ0n) is 17.7. The standard InChI is InChI=1S/C24H30N2O2S/c1-5-8-17-9-6-7-10-20(17)26-22(28)16-29-23(26)18-11-13-19(14-12-18)25-21(27)15-24(2,3)4/h6-7,9-14,23H,5,8,15-16H2,1-4H3,(H,25,27)/t23-/m1/s1. The molecule has 1 aliphatic rings. The Morgan fingerprint density at radius 1 is 1.14 bits per heavy atom. The van der Waals surface area contributed by atoms with Gasteiger partial charge in [0, 0.05) is 17.8 Å². The van der Waals surface area contributed by atoms with Gasteiger partial charge in [-0.25, -0.2) is 0 Å². The van der Waals surface area contributed by atoms with Crippen LogP contribution in [0.1, 0.15) is 57.0 Å². The summed E-state index contributed by atoms with van der Waals surface area (Å²) in [6, 6.07) is 16.1. The van der Waals surface area contributed by atoms with Crippen molar-refractivity contribution in [2.75, 3.05) is 16.0 Å². The Kier molecular flexibility index (Phi) is 6.68. The molecule has 3 rings (SSSR count). The van der Waals surface area contributed by atoms with Crippen LogP contribution < -0.4 is 10.2 Å². The average Bonchev–Trinajstić information content (AvgIpc) is 3.03. The Hall–Kier alpha value is -2.27. The Morgan fingerprint density at radius 3 is 2.48 bits per heavy atom. The molecule has 1 atom stereocenters. The van der Waals surface area contributed by atoms with Crippen LogP contribution in [-0.4, -0.2) is 17.6 Å². The van der Waals surface area contributed by atoms with Crippen molar-refractivity contribution in [3.8, 4) is 0 Å². The van der Waals surface area contributed by atoms with Crippen LogP contribution in [0.5, 0.6) is 0 Å². The highest BCUT2D eigenvalue weighted by Gasteiger charge is 2.35. The molecular weight excluding hydrogens is 380 g/mol. The van der Waals surface area contributed by atoms with Gasteiger partial charge in [0.2, 0.25) is 11.8 Å². The number of carbonyl (C=O) groups excluding carboxylic acids is 2. The Balaban J connectivity index is 1.79. The summed E-state index contributed by atoms with van der Waals surface area (Å²) < 4.78 is 0. The molecule has 0 spiro atoms. The van der Waals surface area contributed by atoms with Crippen molar-refractivity contribution in [2.45, 2.75) is 52.3 Å². The van der Waals surface area contributed by atoms with Crippen LogP contribution in [0.3, 0.4) is 0 Å². The second-order valence-corrected chi connectivity index (χ2v) is 9.78. The fourth-order valence-electron chi connectivity index (χ4n) is 3.58. The van der Waals surface area contributed by atoms with Crippen molar-refractivity contribution < 1.29 is 9.59 Å². The summed E-state index contributed by atoms with van der Waals surface area (Å²) in [4.78, 5) is 26.8. The predicted octanol–water partition coefficient (Wildman–Crippen LogP) is 5.79. The van der Waals surface area contributed by atoms with Crippen molar-refractivity contribution in [3.05, 3.63) is 59.7 Å². The molecule has 0 radical (unpaired) electrons. The third-order valence-corrected chi connectivity index (χ3v) is 6.02. The van der Waals surface area contributed by atoms with E-state index in [1.54, 1.807) is 11.8 Å². The highest BCUT2D eigenvalue weighted by atomic mass is 32.2. The molecule has 1 N–H and O–H groups in total. The molecule has 2 aromatic rings. The van der Waals surface area contributed by atoms with Gasteiger partial charge in [-0.2, -0.15) is 0 Å². The van der Waals surface area contributed by atoms with Gasteiger partial charge in [0.05, 0.1) is 5.75 Å². The van der Waals surface area contributed by atoms with Crippen LogP contribution >= 0.6 is 11.8 Å². The molecule has 29 heavy (non-hydrogen) atoms. The fourth-order valence-corrected chi connectivity index (χ4v) is 4.74. The van der Waals surface area contributed by atoms with Crippen LogP contribution in [0.25, 0.3) is 0 Å². The normalized spacial score (nSPS) is 16.9. The van der Waals surface area contributed by atoms with Crippen molar-refractivity contribution in [1.82, 2.24) is 0 Å². The smallest absolute Gasteiger partial charge is 0.238 e. The molecule has 0 aromatic heterocycles. The number of amides is 2. The molecule has 0 aliphatic carbocycles. The van der Waals surface area contributed by atoms with E-state index in [4.69, 9.17) is 0 Å². The van der Waals surface area contributed by atoms with Crippen LogP contribution in [0.2, 0.25) is 0 Å². The maximum Gasteiger partial charge on any atom is 0.238 e. The van der Waals surface area contributed by atoms with Crippen molar-refractivity contribution in [3.63, 3.8) is 0 Å². The average molecular weight is 411 g/mol. The molecule has 0 saturated carbocycles. The number of hydrogen-bond acceptors (Lipinski definition) is 3. The zero-order chi connectivity index (χ0) is 21.0. The van der Waals surface area contributed by atoms with Gasteiger partial charge in [-0.15, -0.1) is 11.8 Å². The quantitative estimate of drug-likeness (QED) is 0.655. The summed E-state index contributed by atoms with van der Waals surface area (Å²) in [5.41, 5.74) is 4.03. The van der Waals surface area contributed by atoms with E-state index in [0.717, 1.165) is 29.8 Å². The number of thioether (sulfide) groups is 1. The van der Waals surface area contributed by atoms with Gasteiger partial charge < -0.3 is 5.32 Å². The van der Waals surface area contributed by atoms with Crippen LogP contribution in [0.4, 0.5) is 11.4 Å². The van der Waals surface area contributed by atoms with Gasteiger partial charge in [-0.05, 0) is 41.2 Å². The SMILES string of the molecule is CCCc1ccccc1N1C(=O)CS[C@@H]1c1ccc(NC(=O)CC(C)(C)C)cc1. The van der Waals surface area contributed by atoms with Gasteiger partial charge in [0.1, 0.15) is 5.37 Å². The Labute approximate surface area is 178 Å². The summed E-state index contributed by atoms with van der Waals surface area (Å²) in [5.74, 6) is 0.645. The van der Waals surface area contributed by atoms with E-state index < -0.39 is 0 Å². The number of hydrogen-bond donors (Lipinski definition) is 1. The topological polar surface area (TPSA) is 49.4 Å². The van der Waals surface area contributed by atoms with Gasteiger partial charge in [0.15, 0.2) is 0 Å². The number of aryl methyl sites for hydroxylation is 1. The van der Waals surface area contributed by atoms with Crippen LogP contribution in [-0.2, 0) is 16.0 Å². The van der Waals surface area contributed by atoms with Crippen molar-refractivity contribution in [2.24, 2.45) is 5.41 Å². The van der Waals surface area contributed by atoms with E-state index in [9.17, 15) is 9.59 Å². The molecule has 0 bridgehead atoms. The Morgan fingerprint density at radius 2 is 1.83 bits per heavy atom. The molecule has 5 heteroatoms. The highest BCUT2D eigenvalue weighted by Crippen LogP contribution is 2.43. The molecule has 1 fully saturated rings. The van der Waals surface area contributed by atoms with Gasteiger partial charge >= 0.3 is 0 Å². The number of nitrogens with zero attached hydrogens (tertiary/aromatic N) is 1. The minimum absolute atomic E-state index is 0.0192. The number of para-hydroxylation sites is 1. The highest BCUT2D eigenvalue weighted by molar-refractivity contribution is 8.00. The number of anilines is 2. The molecule has 2 amide bonds. The van der Waals surface area contributed by atoms with E-state index in [1.807, 2.05) is 47.4 Å². The van der Waals surface area contributed by atoms with E-state index >= 15 is 0 Å². The van der Waals surface area contributed by atoms with Crippen molar-refractivity contribution >= 4 is 35.0 Å². The molecule has 1 saturated heterocycles. The minimum atomic E-state index is -0.0444. The summed E-state index contributed by atoms with van der Waals surface area (Å²) in [6.45, 7) is 8.31. The monoisotopic (exact) mass is 410 g/mol.